The molecule has 0 aliphatic heterocycles. The second-order valence-corrected chi connectivity index (χ2v) is 8.26. The maximum atomic E-state index is 12.2. The summed E-state index contributed by atoms with van der Waals surface area (Å²) >= 11 is 3.11. The van der Waals surface area contributed by atoms with Gasteiger partial charge in [-0.05, 0) is 53.4 Å². The van der Waals surface area contributed by atoms with Crippen LogP contribution in [0.3, 0.4) is 0 Å². The van der Waals surface area contributed by atoms with Gasteiger partial charge in [0.15, 0.2) is 0 Å². The first-order valence-electron chi connectivity index (χ1n) is 6.41. The van der Waals surface area contributed by atoms with E-state index >= 15 is 0 Å². The van der Waals surface area contributed by atoms with Crippen LogP contribution in [0.4, 0.5) is 0 Å². The van der Waals surface area contributed by atoms with Crippen LogP contribution in [0.1, 0.15) is 29.6 Å². The predicted octanol–water partition coefficient (Wildman–Crippen LogP) is 2.67. The molecule has 1 aliphatic carbocycles. The Balaban J connectivity index is 2.20. The number of halogens is 2. The van der Waals surface area contributed by atoms with Gasteiger partial charge in [0.1, 0.15) is 0 Å². The molecule has 0 radical (unpaired) electrons. The van der Waals surface area contributed by atoms with Gasteiger partial charge in [-0.3, -0.25) is 4.79 Å². The van der Waals surface area contributed by atoms with Crippen molar-refractivity contribution in [2.24, 2.45) is 0 Å². The first-order valence-corrected chi connectivity index (χ1v) is 9.51. The second-order valence-electron chi connectivity index (χ2n) is 4.87. The molecule has 0 bridgehead atoms. The van der Waals surface area contributed by atoms with Gasteiger partial charge in [0, 0.05) is 27.8 Å². The molecule has 0 spiro atoms. The van der Waals surface area contributed by atoms with Crippen LogP contribution in [0, 0.1) is 0 Å². The van der Waals surface area contributed by atoms with Gasteiger partial charge in [0.25, 0.3) is 15.0 Å². The van der Waals surface area contributed by atoms with E-state index in [-0.39, 0.29) is 28.5 Å². The molecule has 1 N–H and O–H groups in total. The fraction of sp³-hybridized carbons (Fsp3) is 0.462. The Kier molecular flexibility index (Phi) is 5.29. The van der Waals surface area contributed by atoms with Gasteiger partial charge in [-0.2, -0.15) is 0 Å². The molecular weight excluding hydrogens is 382 g/mol. The Bertz CT molecular complexity index is 650. The average Bonchev–Trinajstić information content (AvgIpc) is 2.85. The maximum Gasteiger partial charge on any atom is 0.262 e. The van der Waals surface area contributed by atoms with E-state index in [1.807, 2.05) is 0 Å². The van der Waals surface area contributed by atoms with E-state index in [1.54, 1.807) is 13.2 Å². The van der Waals surface area contributed by atoms with Crippen LogP contribution < -0.4 is 5.32 Å². The third-order valence-electron chi connectivity index (χ3n) is 3.53. The number of nitrogens with one attached hydrogen (secondary N) is 1. The minimum absolute atomic E-state index is 0.000582. The van der Waals surface area contributed by atoms with Crippen LogP contribution in [0.2, 0.25) is 0 Å². The van der Waals surface area contributed by atoms with Gasteiger partial charge in [-0.15, -0.1) is 0 Å². The maximum absolute atomic E-state index is 12.2. The lowest BCUT2D eigenvalue weighted by molar-refractivity contribution is 0.0722. The van der Waals surface area contributed by atoms with E-state index in [4.69, 9.17) is 15.4 Å². The van der Waals surface area contributed by atoms with Crippen molar-refractivity contribution >= 4 is 41.6 Å². The third-order valence-corrected chi connectivity index (χ3v) is 5.84. The Morgan fingerprint density at radius 1 is 1.43 bits per heavy atom. The highest BCUT2D eigenvalue weighted by atomic mass is 79.9. The summed E-state index contributed by atoms with van der Waals surface area (Å²) in [5.41, 5.74) is 0.249. The lowest BCUT2D eigenvalue weighted by Crippen LogP contribution is -2.40. The van der Waals surface area contributed by atoms with E-state index in [1.165, 1.54) is 12.1 Å². The summed E-state index contributed by atoms with van der Waals surface area (Å²) in [6.45, 7) is 0. The molecule has 1 aliphatic rings. The molecule has 21 heavy (non-hydrogen) atoms. The number of amides is 1. The summed E-state index contributed by atoms with van der Waals surface area (Å²) < 4.78 is 28.6. The molecule has 1 aromatic carbocycles. The number of hydrogen-bond donors (Lipinski definition) is 1. The molecule has 0 heterocycles. The quantitative estimate of drug-likeness (QED) is 0.794. The first-order chi connectivity index (χ1) is 9.82. The standard InChI is InChI=1S/C13H15BrClNO4S/c1-20-11-4-2-3-10(11)16-13(17)8-5-6-9(14)12(7-8)21(15,18)19/h5-7,10-11H,2-4H2,1H3,(H,16,17). The zero-order chi connectivity index (χ0) is 15.6. The van der Waals surface area contributed by atoms with E-state index in [2.05, 4.69) is 21.2 Å². The van der Waals surface area contributed by atoms with E-state index in [0.717, 1.165) is 19.3 Å². The summed E-state index contributed by atoms with van der Waals surface area (Å²) in [7, 11) is 3.05. The predicted molar refractivity (Wildman–Crippen MR) is 83.1 cm³/mol. The van der Waals surface area contributed by atoms with E-state index in [0.29, 0.717) is 4.47 Å². The highest BCUT2D eigenvalue weighted by Crippen LogP contribution is 2.27. The van der Waals surface area contributed by atoms with Crippen molar-refractivity contribution in [1.82, 2.24) is 5.32 Å². The summed E-state index contributed by atoms with van der Waals surface area (Å²) in [6.07, 6.45) is 2.75. The van der Waals surface area contributed by atoms with Crippen LogP contribution in [0.25, 0.3) is 0 Å². The number of methoxy groups -OCH3 is 1. The zero-order valence-corrected chi connectivity index (χ0v) is 14.5. The largest absolute Gasteiger partial charge is 0.379 e. The number of carbonyl (C=O) groups is 1. The molecule has 2 atom stereocenters. The summed E-state index contributed by atoms with van der Waals surface area (Å²) in [6, 6.07) is 4.24. The van der Waals surface area contributed by atoms with Crippen LogP contribution >= 0.6 is 26.6 Å². The van der Waals surface area contributed by atoms with E-state index in [9.17, 15) is 13.2 Å². The molecule has 2 unspecified atom stereocenters. The Hall–Kier alpha value is -0.630. The first kappa shape index (κ1) is 16.7. The van der Waals surface area contributed by atoms with Crippen LogP contribution in [0.5, 0.6) is 0 Å². The fourth-order valence-corrected chi connectivity index (χ4v) is 4.57. The highest BCUT2D eigenvalue weighted by Gasteiger charge is 2.29. The second kappa shape index (κ2) is 6.64. The van der Waals surface area contributed by atoms with Crippen molar-refractivity contribution in [2.75, 3.05) is 7.11 Å². The smallest absolute Gasteiger partial charge is 0.262 e. The van der Waals surface area contributed by atoms with Crippen LogP contribution in [-0.2, 0) is 13.8 Å². The summed E-state index contributed by atoms with van der Waals surface area (Å²) in [5.74, 6) is -0.335. The fourth-order valence-electron chi connectivity index (χ4n) is 2.46. The summed E-state index contributed by atoms with van der Waals surface area (Å²) in [5, 5.41) is 2.88. The molecule has 1 aromatic rings. The monoisotopic (exact) mass is 395 g/mol. The SMILES string of the molecule is COC1CCCC1NC(=O)c1ccc(Br)c(S(=O)(=O)Cl)c1. The number of hydrogen-bond acceptors (Lipinski definition) is 4. The van der Waals surface area contributed by atoms with Gasteiger partial charge < -0.3 is 10.1 Å². The zero-order valence-electron chi connectivity index (χ0n) is 11.3. The third kappa shape index (κ3) is 3.97. The molecular formula is C13H15BrClNO4S. The number of ether oxygens (including phenoxy) is 1. The molecule has 0 aromatic heterocycles. The van der Waals surface area contributed by atoms with Crippen LogP contribution in [0.15, 0.2) is 27.6 Å². The minimum atomic E-state index is -3.91. The number of benzene rings is 1. The molecule has 0 saturated heterocycles. The highest BCUT2D eigenvalue weighted by molar-refractivity contribution is 9.10. The van der Waals surface area contributed by atoms with Gasteiger partial charge in [0.05, 0.1) is 17.0 Å². The molecule has 116 valence electrons. The van der Waals surface area contributed by atoms with Gasteiger partial charge in [-0.1, -0.05) is 0 Å². The molecule has 8 heteroatoms. The minimum Gasteiger partial charge on any atom is -0.379 e. The molecule has 1 fully saturated rings. The van der Waals surface area contributed by atoms with Crippen molar-refractivity contribution in [1.29, 1.82) is 0 Å². The normalized spacial score (nSPS) is 22.2. The van der Waals surface area contributed by atoms with Crippen molar-refractivity contribution in [3.05, 3.63) is 28.2 Å². The van der Waals surface area contributed by atoms with Crippen LogP contribution in [-0.4, -0.2) is 33.6 Å². The lowest BCUT2D eigenvalue weighted by atomic mass is 10.1. The lowest BCUT2D eigenvalue weighted by Gasteiger charge is -2.19. The average molecular weight is 397 g/mol. The van der Waals surface area contributed by atoms with Gasteiger partial charge >= 0.3 is 0 Å². The molecule has 1 saturated carbocycles. The van der Waals surface area contributed by atoms with Gasteiger partial charge in [-0.25, -0.2) is 8.42 Å². The van der Waals surface area contributed by atoms with Gasteiger partial charge in [0.2, 0.25) is 0 Å². The number of rotatable bonds is 4. The van der Waals surface area contributed by atoms with Crippen molar-refractivity contribution < 1.29 is 17.9 Å². The topological polar surface area (TPSA) is 72.5 Å². The summed E-state index contributed by atoms with van der Waals surface area (Å²) in [4.78, 5) is 12.1. The molecule has 5 nitrogen and oxygen atoms in total. The Labute approximate surface area is 136 Å². The Morgan fingerprint density at radius 3 is 2.76 bits per heavy atom. The van der Waals surface area contributed by atoms with Crippen molar-refractivity contribution in [2.45, 2.75) is 36.3 Å². The van der Waals surface area contributed by atoms with Crippen molar-refractivity contribution in [3.8, 4) is 0 Å². The molecule has 2 rings (SSSR count). The number of carbonyl (C=O) groups excluding carboxylic acids is 1. The van der Waals surface area contributed by atoms with Crippen molar-refractivity contribution in [3.63, 3.8) is 0 Å². The van der Waals surface area contributed by atoms with E-state index < -0.39 is 9.05 Å². The molecule has 1 amide bonds. The Morgan fingerprint density at radius 2 is 2.14 bits per heavy atom.